The van der Waals surface area contributed by atoms with Crippen LogP contribution in [0.25, 0.3) is 0 Å². The highest BCUT2D eigenvalue weighted by Gasteiger charge is 2.62. The Morgan fingerprint density at radius 3 is 2.31 bits per heavy atom. The van der Waals surface area contributed by atoms with Crippen molar-refractivity contribution in [2.24, 2.45) is 0 Å². The van der Waals surface area contributed by atoms with Crippen molar-refractivity contribution in [3.63, 3.8) is 0 Å². The van der Waals surface area contributed by atoms with Crippen LogP contribution in [0.4, 0.5) is 13.2 Å². The lowest BCUT2D eigenvalue weighted by atomic mass is 10.2. The third kappa shape index (κ3) is 3.66. The SMILES string of the molecule is O=C(O)CCCCCNC1(C(F)(F)F)CC1. The Morgan fingerprint density at radius 1 is 1.25 bits per heavy atom. The fourth-order valence-electron chi connectivity index (χ4n) is 1.59. The van der Waals surface area contributed by atoms with E-state index in [-0.39, 0.29) is 19.3 Å². The molecular formula is C10H16F3NO2. The van der Waals surface area contributed by atoms with E-state index in [1.807, 2.05) is 0 Å². The molecule has 0 saturated heterocycles. The van der Waals surface area contributed by atoms with Gasteiger partial charge in [-0.15, -0.1) is 0 Å². The van der Waals surface area contributed by atoms with E-state index in [0.29, 0.717) is 25.8 Å². The number of hydrogen-bond donors (Lipinski definition) is 2. The molecule has 0 radical (unpaired) electrons. The summed E-state index contributed by atoms with van der Waals surface area (Å²) in [5, 5.41) is 10.9. The maximum absolute atomic E-state index is 12.4. The van der Waals surface area contributed by atoms with Gasteiger partial charge in [-0.2, -0.15) is 13.2 Å². The second-order valence-corrected chi connectivity index (χ2v) is 4.21. The largest absolute Gasteiger partial charge is 0.481 e. The molecule has 0 bridgehead atoms. The van der Waals surface area contributed by atoms with E-state index >= 15 is 0 Å². The zero-order valence-electron chi connectivity index (χ0n) is 8.94. The van der Waals surface area contributed by atoms with Crippen LogP contribution in [0.15, 0.2) is 0 Å². The molecule has 0 unspecified atom stereocenters. The van der Waals surface area contributed by atoms with E-state index in [1.54, 1.807) is 0 Å². The van der Waals surface area contributed by atoms with Crippen molar-refractivity contribution >= 4 is 5.97 Å². The number of unbranched alkanes of at least 4 members (excludes halogenated alkanes) is 2. The number of hydrogen-bond acceptors (Lipinski definition) is 2. The van der Waals surface area contributed by atoms with Gasteiger partial charge in [-0.3, -0.25) is 4.79 Å². The Hall–Kier alpha value is -0.780. The number of nitrogens with one attached hydrogen (secondary N) is 1. The normalized spacial score (nSPS) is 18.4. The predicted octanol–water partition coefficient (Wildman–Crippen LogP) is 2.32. The summed E-state index contributed by atoms with van der Waals surface area (Å²) in [7, 11) is 0. The van der Waals surface area contributed by atoms with Gasteiger partial charge in [-0.1, -0.05) is 6.42 Å². The molecule has 16 heavy (non-hydrogen) atoms. The van der Waals surface area contributed by atoms with Crippen LogP contribution in [-0.4, -0.2) is 29.3 Å². The Kier molecular flexibility index (Phi) is 4.18. The quantitative estimate of drug-likeness (QED) is 0.670. The van der Waals surface area contributed by atoms with Crippen molar-refractivity contribution in [1.82, 2.24) is 5.32 Å². The third-order valence-corrected chi connectivity index (χ3v) is 2.82. The summed E-state index contributed by atoms with van der Waals surface area (Å²) < 4.78 is 37.3. The number of rotatable bonds is 7. The Balaban J connectivity index is 2.06. The van der Waals surface area contributed by atoms with Crippen molar-refractivity contribution in [2.45, 2.75) is 50.2 Å². The van der Waals surface area contributed by atoms with Gasteiger partial charge in [-0.25, -0.2) is 0 Å². The second kappa shape index (κ2) is 5.03. The summed E-state index contributed by atoms with van der Waals surface area (Å²) in [4.78, 5) is 10.2. The van der Waals surface area contributed by atoms with Crippen LogP contribution >= 0.6 is 0 Å². The van der Waals surface area contributed by atoms with Crippen LogP contribution in [0.2, 0.25) is 0 Å². The van der Waals surface area contributed by atoms with Gasteiger partial charge < -0.3 is 10.4 Å². The summed E-state index contributed by atoms with van der Waals surface area (Å²) in [5.41, 5.74) is -1.64. The van der Waals surface area contributed by atoms with Crippen molar-refractivity contribution in [1.29, 1.82) is 0 Å². The highest BCUT2D eigenvalue weighted by atomic mass is 19.4. The summed E-state index contributed by atoms with van der Waals surface area (Å²) in [6.07, 6.45) is -2.00. The molecule has 1 saturated carbocycles. The van der Waals surface area contributed by atoms with Gasteiger partial charge in [0.1, 0.15) is 5.54 Å². The lowest BCUT2D eigenvalue weighted by Gasteiger charge is -2.20. The van der Waals surface area contributed by atoms with E-state index in [4.69, 9.17) is 5.11 Å². The van der Waals surface area contributed by atoms with Crippen LogP contribution in [-0.2, 0) is 4.79 Å². The minimum Gasteiger partial charge on any atom is -0.481 e. The van der Waals surface area contributed by atoms with Crippen LogP contribution in [0, 0.1) is 0 Å². The minimum atomic E-state index is -4.16. The van der Waals surface area contributed by atoms with E-state index in [0.717, 1.165) is 0 Å². The number of halogens is 3. The zero-order valence-corrected chi connectivity index (χ0v) is 8.94. The maximum atomic E-state index is 12.4. The van der Waals surface area contributed by atoms with Gasteiger partial charge in [0.15, 0.2) is 0 Å². The number of carboxylic acids is 1. The monoisotopic (exact) mass is 239 g/mol. The molecule has 1 aliphatic rings. The Bertz CT molecular complexity index is 249. The topological polar surface area (TPSA) is 49.3 Å². The van der Waals surface area contributed by atoms with Crippen LogP contribution in [0.3, 0.4) is 0 Å². The molecular weight excluding hydrogens is 223 g/mol. The first-order valence-electron chi connectivity index (χ1n) is 5.41. The molecule has 1 aliphatic carbocycles. The number of aliphatic carboxylic acids is 1. The molecule has 0 aromatic carbocycles. The average Bonchev–Trinajstić information content (AvgIpc) is 2.90. The maximum Gasteiger partial charge on any atom is 0.406 e. The predicted molar refractivity (Wildman–Crippen MR) is 52.1 cm³/mol. The number of carboxylic acid groups (broad SMARTS) is 1. The molecule has 0 spiro atoms. The van der Waals surface area contributed by atoms with Gasteiger partial charge in [-0.05, 0) is 32.2 Å². The van der Waals surface area contributed by atoms with Gasteiger partial charge in [0.25, 0.3) is 0 Å². The molecule has 1 rings (SSSR count). The molecule has 0 aliphatic heterocycles. The molecule has 0 aromatic heterocycles. The Morgan fingerprint density at radius 2 is 1.88 bits per heavy atom. The van der Waals surface area contributed by atoms with Crippen LogP contribution in [0.1, 0.15) is 38.5 Å². The van der Waals surface area contributed by atoms with Crippen molar-refractivity contribution in [3.05, 3.63) is 0 Å². The van der Waals surface area contributed by atoms with Gasteiger partial charge in [0.2, 0.25) is 0 Å². The molecule has 2 N–H and O–H groups in total. The molecule has 1 fully saturated rings. The summed E-state index contributed by atoms with van der Waals surface area (Å²) in [6.45, 7) is 0.305. The molecule has 0 heterocycles. The van der Waals surface area contributed by atoms with E-state index < -0.39 is 17.7 Å². The average molecular weight is 239 g/mol. The standard InChI is InChI=1S/C10H16F3NO2/c11-10(12,13)9(5-6-9)14-7-3-1-2-4-8(15)16/h14H,1-7H2,(H,15,16). The molecule has 0 aromatic rings. The van der Waals surface area contributed by atoms with Crippen molar-refractivity contribution in [2.75, 3.05) is 6.54 Å². The van der Waals surface area contributed by atoms with Gasteiger partial charge in [0.05, 0.1) is 0 Å². The van der Waals surface area contributed by atoms with E-state index in [2.05, 4.69) is 5.32 Å². The fraction of sp³-hybridized carbons (Fsp3) is 0.900. The second-order valence-electron chi connectivity index (χ2n) is 4.21. The molecule has 94 valence electrons. The van der Waals surface area contributed by atoms with Crippen molar-refractivity contribution < 1.29 is 23.1 Å². The van der Waals surface area contributed by atoms with E-state index in [9.17, 15) is 18.0 Å². The number of alkyl halides is 3. The van der Waals surface area contributed by atoms with Crippen molar-refractivity contribution in [3.8, 4) is 0 Å². The molecule has 6 heteroatoms. The first kappa shape index (κ1) is 13.3. The number of carbonyl (C=O) groups is 1. The first-order valence-corrected chi connectivity index (χ1v) is 5.41. The highest BCUT2D eigenvalue weighted by Crippen LogP contribution is 2.48. The Labute approximate surface area is 92.0 Å². The van der Waals surface area contributed by atoms with Crippen LogP contribution < -0.4 is 5.32 Å². The smallest absolute Gasteiger partial charge is 0.406 e. The van der Waals surface area contributed by atoms with Gasteiger partial charge in [0, 0.05) is 6.42 Å². The summed E-state index contributed by atoms with van der Waals surface area (Å²) in [6, 6.07) is 0. The van der Waals surface area contributed by atoms with Gasteiger partial charge >= 0.3 is 12.1 Å². The first-order chi connectivity index (χ1) is 7.37. The fourth-order valence-corrected chi connectivity index (χ4v) is 1.59. The lowest BCUT2D eigenvalue weighted by molar-refractivity contribution is -0.165. The minimum absolute atomic E-state index is 0.0877. The molecule has 0 atom stereocenters. The van der Waals surface area contributed by atoms with E-state index in [1.165, 1.54) is 0 Å². The summed E-state index contributed by atoms with van der Waals surface area (Å²) in [5.74, 6) is -0.859. The molecule has 0 amide bonds. The molecule has 3 nitrogen and oxygen atoms in total. The van der Waals surface area contributed by atoms with Crippen LogP contribution in [0.5, 0.6) is 0 Å². The highest BCUT2D eigenvalue weighted by molar-refractivity contribution is 5.66. The third-order valence-electron chi connectivity index (χ3n) is 2.82. The zero-order chi connectivity index (χ0) is 12.2. The summed E-state index contributed by atoms with van der Waals surface area (Å²) >= 11 is 0. The lowest BCUT2D eigenvalue weighted by Crippen LogP contribution is -2.45.